The lowest BCUT2D eigenvalue weighted by Gasteiger charge is -2.26. The molecule has 2 N–H and O–H groups in total. The number of hydrogen-bond acceptors (Lipinski definition) is 1. The van der Waals surface area contributed by atoms with Gasteiger partial charge in [0, 0.05) is 11.9 Å². The monoisotopic (exact) mass is 175 g/mol. The van der Waals surface area contributed by atoms with Gasteiger partial charge in [-0.3, -0.25) is 0 Å². The van der Waals surface area contributed by atoms with Crippen LogP contribution in [0.5, 0.6) is 0 Å². The number of nitrogens with two attached hydrogens (primary N) is 1. The van der Waals surface area contributed by atoms with Gasteiger partial charge in [-0.2, -0.15) is 0 Å². The van der Waals surface area contributed by atoms with Crippen molar-refractivity contribution in [3.05, 3.63) is 0 Å². The molecule has 1 aliphatic carbocycles. The van der Waals surface area contributed by atoms with Gasteiger partial charge in [0.2, 0.25) is 0 Å². The van der Waals surface area contributed by atoms with E-state index in [1.807, 2.05) is 0 Å². The zero-order valence-electron chi connectivity index (χ0n) is 7.06. The third kappa shape index (κ3) is 3.00. The first kappa shape index (κ1) is 9.34. The molecule has 0 amide bonds. The van der Waals surface area contributed by atoms with E-state index in [-0.39, 0.29) is 0 Å². The average molecular weight is 176 g/mol. The number of hydrogen-bond donors (Lipinski definition) is 1. The Morgan fingerprint density at radius 2 is 1.91 bits per heavy atom. The molecule has 0 aromatic rings. The van der Waals surface area contributed by atoms with Gasteiger partial charge < -0.3 is 5.73 Å². The van der Waals surface area contributed by atoms with Gasteiger partial charge in [-0.1, -0.05) is 19.3 Å². The van der Waals surface area contributed by atoms with Crippen LogP contribution in [0.2, 0.25) is 0 Å². The Morgan fingerprint density at radius 1 is 1.27 bits per heavy atom. The third-order valence-corrected chi connectivity index (χ3v) is 2.92. The van der Waals surface area contributed by atoms with Crippen LogP contribution < -0.4 is 5.73 Å². The summed E-state index contributed by atoms with van der Waals surface area (Å²) in [5.74, 6) is 1.49. The van der Waals surface area contributed by atoms with E-state index in [0.717, 1.165) is 18.2 Å². The first-order valence-electron chi connectivity index (χ1n) is 4.66. The summed E-state index contributed by atoms with van der Waals surface area (Å²) in [4.78, 5) is 0. The maximum atomic E-state index is 5.97. The molecule has 1 unspecified atom stereocenters. The topological polar surface area (TPSA) is 26.0 Å². The van der Waals surface area contributed by atoms with Gasteiger partial charge in [-0.25, -0.2) is 0 Å². The Bertz CT molecular complexity index is 99.7. The number of rotatable bonds is 3. The van der Waals surface area contributed by atoms with Crippen molar-refractivity contribution in [1.29, 1.82) is 0 Å². The van der Waals surface area contributed by atoms with E-state index in [1.165, 1.54) is 32.1 Å². The first-order chi connectivity index (χ1) is 5.34. The second kappa shape index (κ2) is 5.00. The standard InChI is InChI=1S/C9H18ClN/c10-7-6-9(11)8-4-2-1-3-5-8/h8-9H,1-7,11H2. The van der Waals surface area contributed by atoms with Crippen LogP contribution in [0.25, 0.3) is 0 Å². The highest BCUT2D eigenvalue weighted by Crippen LogP contribution is 2.26. The second-order valence-corrected chi connectivity index (χ2v) is 3.92. The normalized spacial score (nSPS) is 23.5. The molecule has 11 heavy (non-hydrogen) atoms. The Morgan fingerprint density at radius 3 is 2.45 bits per heavy atom. The highest BCUT2D eigenvalue weighted by atomic mass is 35.5. The molecule has 0 radical (unpaired) electrons. The Hall–Kier alpha value is 0.250. The predicted octanol–water partition coefficient (Wildman–Crippen LogP) is 2.52. The summed E-state index contributed by atoms with van der Waals surface area (Å²) in [5.41, 5.74) is 5.97. The van der Waals surface area contributed by atoms with Gasteiger partial charge in [0.25, 0.3) is 0 Å². The van der Waals surface area contributed by atoms with Crippen LogP contribution >= 0.6 is 11.6 Å². The molecule has 0 aromatic heterocycles. The van der Waals surface area contributed by atoms with Crippen molar-refractivity contribution < 1.29 is 0 Å². The molecule has 1 rings (SSSR count). The molecule has 0 heterocycles. The van der Waals surface area contributed by atoms with Crippen molar-refractivity contribution in [3.8, 4) is 0 Å². The van der Waals surface area contributed by atoms with E-state index >= 15 is 0 Å². The van der Waals surface area contributed by atoms with Crippen LogP contribution in [0.15, 0.2) is 0 Å². The third-order valence-electron chi connectivity index (χ3n) is 2.70. The van der Waals surface area contributed by atoms with Crippen LogP contribution in [0.1, 0.15) is 38.5 Å². The minimum Gasteiger partial charge on any atom is -0.327 e. The molecule has 2 heteroatoms. The molecular formula is C9H18ClN. The highest BCUT2D eigenvalue weighted by molar-refractivity contribution is 6.17. The van der Waals surface area contributed by atoms with Crippen molar-refractivity contribution >= 4 is 11.6 Å². The van der Waals surface area contributed by atoms with Crippen molar-refractivity contribution in [2.45, 2.75) is 44.6 Å². The van der Waals surface area contributed by atoms with E-state index in [2.05, 4.69) is 0 Å². The summed E-state index contributed by atoms with van der Waals surface area (Å²) in [5, 5.41) is 0. The molecular weight excluding hydrogens is 158 g/mol. The highest BCUT2D eigenvalue weighted by Gasteiger charge is 2.19. The van der Waals surface area contributed by atoms with Gasteiger partial charge in [0.15, 0.2) is 0 Å². The molecule has 0 aliphatic heterocycles. The summed E-state index contributed by atoms with van der Waals surface area (Å²) in [6.07, 6.45) is 7.81. The maximum absolute atomic E-state index is 5.97. The summed E-state index contributed by atoms with van der Waals surface area (Å²) in [6, 6.07) is 0.368. The molecule has 1 atom stereocenters. The van der Waals surface area contributed by atoms with Crippen molar-refractivity contribution in [1.82, 2.24) is 0 Å². The minimum absolute atomic E-state index is 0.368. The molecule has 0 bridgehead atoms. The summed E-state index contributed by atoms with van der Waals surface area (Å²) in [7, 11) is 0. The minimum atomic E-state index is 0.368. The molecule has 0 spiro atoms. The van der Waals surface area contributed by atoms with E-state index in [0.29, 0.717) is 6.04 Å². The Kier molecular flexibility index (Phi) is 4.24. The number of halogens is 1. The molecule has 0 saturated heterocycles. The second-order valence-electron chi connectivity index (χ2n) is 3.54. The van der Waals surface area contributed by atoms with Crippen molar-refractivity contribution in [2.24, 2.45) is 11.7 Å². The molecule has 1 fully saturated rings. The largest absolute Gasteiger partial charge is 0.327 e. The lowest BCUT2D eigenvalue weighted by molar-refractivity contribution is 0.300. The smallest absolute Gasteiger partial charge is 0.0238 e. The van der Waals surface area contributed by atoms with E-state index in [9.17, 15) is 0 Å². The van der Waals surface area contributed by atoms with Gasteiger partial charge in [0.05, 0.1) is 0 Å². The summed E-state index contributed by atoms with van der Waals surface area (Å²) in [6.45, 7) is 0. The van der Waals surface area contributed by atoms with Crippen LogP contribution in [-0.2, 0) is 0 Å². The fourth-order valence-electron chi connectivity index (χ4n) is 1.92. The Balaban J connectivity index is 2.21. The van der Waals surface area contributed by atoms with Gasteiger partial charge in [0.1, 0.15) is 0 Å². The van der Waals surface area contributed by atoms with E-state index in [1.54, 1.807) is 0 Å². The van der Waals surface area contributed by atoms with Gasteiger partial charge in [-0.15, -0.1) is 11.6 Å². The summed E-state index contributed by atoms with van der Waals surface area (Å²) < 4.78 is 0. The van der Waals surface area contributed by atoms with Crippen molar-refractivity contribution in [2.75, 3.05) is 5.88 Å². The van der Waals surface area contributed by atoms with Crippen LogP contribution in [-0.4, -0.2) is 11.9 Å². The Labute approximate surface area is 74.3 Å². The first-order valence-corrected chi connectivity index (χ1v) is 5.19. The lowest BCUT2D eigenvalue weighted by Crippen LogP contribution is -2.31. The van der Waals surface area contributed by atoms with E-state index in [4.69, 9.17) is 17.3 Å². The molecule has 1 aliphatic rings. The average Bonchev–Trinajstić information content (AvgIpc) is 2.07. The van der Waals surface area contributed by atoms with E-state index < -0.39 is 0 Å². The molecule has 1 saturated carbocycles. The fraction of sp³-hybridized carbons (Fsp3) is 1.00. The molecule has 66 valence electrons. The SMILES string of the molecule is NC(CCCl)C1CCCCC1. The van der Waals surface area contributed by atoms with Gasteiger partial charge in [-0.05, 0) is 25.2 Å². The quantitative estimate of drug-likeness (QED) is 0.656. The van der Waals surface area contributed by atoms with Gasteiger partial charge >= 0.3 is 0 Å². The fourth-order valence-corrected chi connectivity index (χ4v) is 2.18. The molecule has 1 nitrogen and oxygen atoms in total. The zero-order valence-corrected chi connectivity index (χ0v) is 7.82. The van der Waals surface area contributed by atoms with Crippen molar-refractivity contribution in [3.63, 3.8) is 0 Å². The van der Waals surface area contributed by atoms with Crippen LogP contribution in [0, 0.1) is 5.92 Å². The van der Waals surface area contributed by atoms with Crippen LogP contribution in [0.4, 0.5) is 0 Å². The number of alkyl halides is 1. The molecule has 0 aromatic carbocycles. The summed E-state index contributed by atoms with van der Waals surface area (Å²) >= 11 is 5.64. The maximum Gasteiger partial charge on any atom is 0.0238 e. The predicted molar refractivity (Wildman–Crippen MR) is 49.9 cm³/mol. The van der Waals surface area contributed by atoms with Crippen LogP contribution in [0.3, 0.4) is 0 Å². The lowest BCUT2D eigenvalue weighted by atomic mass is 9.83. The zero-order chi connectivity index (χ0) is 8.10.